The van der Waals surface area contributed by atoms with Crippen LogP contribution in [0.15, 0.2) is 30.3 Å². The normalized spacial score (nSPS) is 16.3. The minimum absolute atomic E-state index is 0.0135. The molecule has 120 valence electrons. The summed E-state index contributed by atoms with van der Waals surface area (Å²) in [4.78, 5) is 0. The lowest BCUT2D eigenvalue weighted by Crippen LogP contribution is -2.50. The molecule has 0 saturated carbocycles. The molecule has 1 rings (SSSR count). The third-order valence-corrected chi connectivity index (χ3v) is 5.73. The summed E-state index contributed by atoms with van der Waals surface area (Å²) in [5.41, 5.74) is 0.375. The fraction of sp³-hybridized carbons (Fsp3) is 0.647. The van der Waals surface area contributed by atoms with Crippen LogP contribution < -0.4 is 0 Å². The van der Waals surface area contributed by atoms with Crippen molar-refractivity contribution in [2.45, 2.75) is 70.0 Å². The smallest absolute Gasteiger partial charge is 0.0593 e. The van der Waals surface area contributed by atoms with Gasteiger partial charge in [-0.2, -0.15) is 0 Å². The fourth-order valence-corrected chi connectivity index (χ4v) is 4.23. The molecule has 0 amide bonds. The quantitative estimate of drug-likeness (QED) is 0.763. The Morgan fingerprint density at radius 1 is 1.05 bits per heavy atom. The van der Waals surface area contributed by atoms with E-state index in [1.165, 1.54) is 0 Å². The zero-order chi connectivity index (χ0) is 16.4. The summed E-state index contributed by atoms with van der Waals surface area (Å²) in [5, 5.41) is 14.0. The Morgan fingerprint density at radius 3 is 1.90 bits per heavy atom. The van der Waals surface area contributed by atoms with E-state index in [9.17, 15) is 9.42 Å². The van der Waals surface area contributed by atoms with Crippen LogP contribution >= 0.6 is 0 Å². The van der Waals surface area contributed by atoms with E-state index in [1.807, 2.05) is 78.8 Å². The van der Waals surface area contributed by atoms with Crippen molar-refractivity contribution >= 4 is 10.8 Å². The largest absolute Gasteiger partial charge is 0.784 e. The first-order valence-electron chi connectivity index (χ1n) is 7.41. The minimum Gasteiger partial charge on any atom is -0.784 e. The SMILES string of the molecule is CC(C)S(=O)C(C)(C)C(c1ccccc1)N([O-])C(C)(C)C. The number of benzene rings is 1. The topological polar surface area (TPSA) is 43.4 Å². The number of rotatable bonds is 5. The lowest BCUT2D eigenvalue weighted by Gasteiger charge is -2.53. The van der Waals surface area contributed by atoms with Gasteiger partial charge >= 0.3 is 0 Å². The van der Waals surface area contributed by atoms with E-state index in [4.69, 9.17) is 0 Å². The second-order valence-corrected chi connectivity index (χ2v) is 9.85. The van der Waals surface area contributed by atoms with Crippen molar-refractivity contribution in [2.24, 2.45) is 0 Å². The molecule has 0 radical (unpaired) electrons. The van der Waals surface area contributed by atoms with E-state index < -0.39 is 27.1 Å². The second kappa shape index (κ2) is 6.59. The standard InChI is InChI=1S/C17H28NO2S/c1-13(2)21(20)17(6,7)15(18(19)16(3,4)5)14-11-9-8-10-12-14/h8-13,15H,1-7H3/q-1. The molecule has 0 bridgehead atoms. The zero-order valence-corrected chi connectivity index (χ0v) is 15.0. The Kier molecular flexibility index (Phi) is 5.76. The lowest BCUT2D eigenvalue weighted by atomic mass is 9.91. The van der Waals surface area contributed by atoms with Gasteiger partial charge < -0.3 is 10.3 Å². The Labute approximate surface area is 131 Å². The van der Waals surface area contributed by atoms with E-state index in [1.54, 1.807) is 0 Å². The van der Waals surface area contributed by atoms with Crippen molar-refractivity contribution in [3.63, 3.8) is 0 Å². The first-order valence-corrected chi connectivity index (χ1v) is 8.63. The molecule has 3 nitrogen and oxygen atoms in total. The van der Waals surface area contributed by atoms with Crippen LogP contribution in [0.3, 0.4) is 0 Å². The molecule has 0 fully saturated rings. The summed E-state index contributed by atoms with van der Waals surface area (Å²) in [5.74, 6) is 0. The first-order chi connectivity index (χ1) is 9.49. The summed E-state index contributed by atoms with van der Waals surface area (Å²) < 4.78 is 12.1. The maximum absolute atomic E-state index is 12.9. The molecule has 4 heteroatoms. The summed E-state index contributed by atoms with van der Waals surface area (Å²) in [6.45, 7) is 13.4. The summed E-state index contributed by atoms with van der Waals surface area (Å²) in [6.07, 6.45) is 0. The van der Waals surface area contributed by atoms with Crippen molar-refractivity contribution in [2.75, 3.05) is 0 Å². The van der Waals surface area contributed by atoms with Gasteiger partial charge in [-0.05, 0) is 40.2 Å². The Morgan fingerprint density at radius 2 is 1.52 bits per heavy atom. The predicted octanol–water partition coefficient (Wildman–Crippen LogP) is 4.26. The van der Waals surface area contributed by atoms with Gasteiger partial charge in [0.1, 0.15) is 0 Å². The van der Waals surface area contributed by atoms with Crippen LogP contribution in [0.5, 0.6) is 0 Å². The fourth-order valence-electron chi connectivity index (χ4n) is 2.56. The molecule has 2 atom stereocenters. The molecule has 0 heterocycles. The van der Waals surface area contributed by atoms with Crippen LogP contribution in [0.1, 0.15) is 60.1 Å². The average Bonchev–Trinajstić information content (AvgIpc) is 2.37. The van der Waals surface area contributed by atoms with Gasteiger partial charge in [-0.3, -0.25) is 4.21 Å². The van der Waals surface area contributed by atoms with Gasteiger partial charge in [0.2, 0.25) is 0 Å². The summed E-state index contributed by atoms with van der Waals surface area (Å²) >= 11 is 0. The van der Waals surface area contributed by atoms with E-state index >= 15 is 0 Å². The average molecular weight is 310 g/mol. The van der Waals surface area contributed by atoms with E-state index in [-0.39, 0.29) is 5.25 Å². The van der Waals surface area contributed by atoms with Crippen molar-refractivity contribution in [3.8, 4) is 0 Å². The van der Waals surface area contributed by atoms with Crippen molar-refractivity contribution < 1.29 is 4.21 Å². The number of nitrogens with zero attached hydrogens (tertiary/aromatic N) is 1. The van der Waals surface area contributed by atoms with Gasteiger partial charge in [0.05, 0.1) is 4.75 Å². The van der Waals surface area contributed by atoms with Crippen molar-refractivity contribution in [1.82, 2.24) is 5.06 Å². The van der Waals surface area contributed by atoms with Gasteiger partial charge in [0.25, 0.3) is 0 Å². The number of hydrogen-bond acceptors (Lipinski definition) is 3. The predicted molar refractivity (Wildman–Crippen MR) is 91.5 cm³/mol. The third-order valence-electron chi connectivity index (χ3n) is 3.62. The monoisotopic (exact) mass is 310 g/mol. The van der Waals surface area contributed by atoms with E-state index in [2.05, 4.69) is 0 Å². The van der Waals surface area contributed by atoms with Gasteiger partial charge in [-0.15, -0.1) is 0 Å². The maximum Gasteiger partial charge on any atom is 0.0593 e. The minimum atomic E-state index is -1.11. The molecule has 0 aromatic heterocycles. The molecule has 1 aromatic carbocycles. The summed E-state index contributed by atoms with van der Waals surface area (Å²) in [6, 6.07) is 9.22. The number of hydrogen-bond donors (Lipinski definition) is 0. The van der Waals surface area contributed by atoms with E-state index in [0.29, 0.717) is 0 Å². The van der Waals surface area contributed by atoms with Gasteiger partial charge in [0, 0.05) is 27.6 Å². The highest BCUT2D eigenvalue weighted by molar-refractivity contribution is 7.87. The van der Waals surface area contributed by atoms with Gasteiger partial charge in [-0.25, -0.2) is 0 Å². The maximum atomic E-state index is 12.9. The lowest BCUT2D eigenvalue weighted by molar-refractivity contribution is 0.123. The molecular formula is C17H28NO2S-. The Bertz CT molecular complexity index is 477. The highest BCUT2D eigenvalue weighted by atomic mass is 32.2. The van der Waals surface area contributed by atoms with Crippen molar-refractivity contribution in [3.05, 3.63) is 41.1 Å². The van der Waals surface area contributed by atoms with Crippen LogP contribution in [-0.2, 0) is 10.8 Å². The van der Waals surface area contributed by atoms with Crippen molar-refractivity contribution in [1.29, 1.82) is 0 Å². The molecule has 21 heavy (non-hydrogen) atoms. The molecule has 0 saturated heterocycles. The van der Waals surface area contributed by atoms with Crippen LogP contribution in [0.25, 0.3) is 0 Å². The second-order valence-electron chi connectivity index (χ2n) is 7.26. The van der Waals surface area contributed by atoms with Gasteiger partial charge in [-0.1, -0.05) is 44.2 Å². The van der Waals surface area contributed by atoms with Gasteiger partial charge in [0.15, 0.2) is 0 Å². The molecular weight excluding hydrogens is 282 g/mol. The first kappa shape index (κ1) is 18.3. The van der Waals surface area contributed by atoms with Crippen LogP contribution in [0.2, 0.25) is 0 Å². The molecule has 0 aliphatic carbocycles. The Hall–Kier alpha value is -0.710. The molecule has 0 aliphatic rings. The molecule has 0 aliphatic heterocycles. The third kappa shape index (κ3) is 4.15. The highest BCUT2D eigenvalue weighted by Crippen LogP contribution is 2.40. The van der Waals surface area contributed by atoms with E-state index in [0.717, 1.165) is 10.6 Å². The Balaban J connectivity index is 3.36. The molecule has 0 N–H and O–H groups in total. The van der Waals surface area contributed by atoms with Crippen LogP contribution in [-0.4, -0.2) is 24.8 Å². The number of hydroxylamine groups is 2. The van der Waals surface area contributed by atoms with Crippen LogP contribution in [0.4, 0.5) is 0 Å². The molecule has 2 unspecified atom stereocenters. The zero-order valence-electron chi connectivity index (χ0n) is 14.2. The summed E-state index contributed by atoms with van der Waals surface area (Å²) in [7, 11) is -1.11. The molecule has 1 aromatic rings. The molecule has 0 spiro atoms. The highest BCUT2D eigenvalue weighted by Gasteiger charge is 2.40. The van der Waals surface area contributed by atoms with Crippen LogP contribution in [0, 0.1) is 5.21 Å².